The van der Waals surface area contributed by atoms with E-state index in [2.05, 4.69) is 19.2 Å². The van der Waals surface area contributed by atoms with Crippen LogP contribution in [0.2, 0.25) is 0 Å². The van der Waals surface area contributed by atoms with E-state index in [1.54, 1.807) is 12.1 Å². The van der Waals surface area contributed by atoms with Crippen molar-refractivity contribution in [2.75, 3.05) is 25.6 Å². The summed E-state index contributed by atoms with van der Waals surface area (Å²) in [5, 5.41) is 12.7. The van der Waals surface area contributed by atoms with Crippen LogP contribution in [0.4, 0.5) is 10.1 Å². The van der Waals surface area contributed by atoms with Crippen molar-refractivity contribution in [3.8, 4) is 5.75 Å². The first kappa shape index (κ1) is 14.8. The molecule has 0 aromatic heterocycles. The minimum atomic E-state index is -0.373. The number of halogens is 1. The van der Waals surface area contributed by atoms with E-state index in [0.29, 0.717) is 6.54 Å². The molecule has 0 fully saturated rings. The standard InChI is InChI=1S/C14H22FNO2/c1-4-14(5-2,10-17)9-16-11-6-7-12(15)13(8-11)18-3/h6-8,16-17H,4-5,9-10H2,1-3H3. The Bertz CT molecular complexity index is 370. The van der Waals surface area contributed by atoms with Crippen molar-refractivity contribution in [3.05, 3.63) is 24.0 Å². The predicted molar refractivity (Wildman–Crippen MR) is 71.5 cm³/mol. The molecule has 2 N–H and O–H groups in total. The van der Waals surface area contributed by atoms with Gasteiger partial charge in [0.05, 0.1) is 13.7 Å². The van der Waals surface area contributed by atoms with Gasteiger partial charge in [0.1, 0.15) is 0 Å². The lowest BCUT2D eigenvalue weighted by molar-refractivity contribution is 0.127. The summed E-state index contributed by atoms with van der Waals surface area (Å²) in [6, 6.07) is 4.67. The van der Waals surface area contributed by atoms with Crippen LogP contribution in [-0.2, 0) is 0 Å². The zero-order valence-electron chi connectivity index (χ0n) is 11.3. The van der Waals surface area contributed by atoms with Crippen molar-refractivity contribution in [2.24, 2.45) is 5.41 Å². The lowest BCUT2D eigenvalue weighted by atomic mass is 9.83. The first-order valence-electron chi connectivity index (χ1n) is 6.29. The average Bonchev–Trinajstić information content (AvgIpc) is 2.42. The number of hydrogen-bond donors (Lipinski definition) is 2. The largest absolute Gasteiger partial charge is 0.494 e. The lowest BCUT2D eigenvalue weighted by Crippen LogP contribution is -2.32. The molecule has 0 radical (unpaired) electrons. The van der Waals surface area contributed by atoms with Crippen LogP contribution in [0.3, 0.4) is 0 Å². The number of methoxy groups -OCH3 is 1. The molecular formula is C14H22FNO2. The van der Waals surface area contributed by atoms with E-state index >= 15 is 0 Å². The maximum absolute atomic E-state index is 13.2. The Labute approximate surface area is 108 Å². The van der Waals surface area contributed by atoms with Crippen LogP contribution >= 0.6 is 0 Å². The number of aliphatic hydroxyl groups excluding tert-OH is 1. The third-order valence-electron chi connectivity index (χ3n) is 3.65. The minimum absolute atomic E-state index is 0.123. The van der Waals surface area contributed by atoms with Gasteiger partial charge in [0.25, 0.3) is 0 Å². The molecule has 0 aliphatic carbocycles. The van der Waals surface area contributed by atoms with Crippen LogP contribution in [0, 0.1) is 11.2 Å². The molecule has 0 saturated heterocycles. The van der Waals surface area contributed by atoms with E-state index in [0.717, 1.165) is 18.5 Å². The van der Waals surface area contributed by atoms with Crippen molar-refractivity contribution in [3.63, 3.8) is 0 Å². The van der Waals surface area contributed by atoms with E-state index in [1.165, 1.54) is 13.2 Å². The van der Waals surface area contributed by atoms with E-state index in [1.807, 2.05) is 0 Å². The molecular weight excluding hydrogens is 233 g/mol. The lowest BCUT2D eigenvalue weighted by Gasteiger charge is -2.30. The smallest absolute Gasteiger partial charge is 0.165 e. The summed E-state index contributed by atoms with van der Waals surface area (Å²) in [5.41, 5.74) is 0.676. The summed E-state index contributed by atoms with van der Waals surface area (Å²) in [7, 11) is 1.44. The van der Waals surface area contributed by atoms with Crippen LogP contribution < -0.4 is 10.1 Å². The van der Waals surface area contributed by atoms with Gasteiger partial charge >= 0.3 is 0 Å². The summed E-state index contributed by atoms with van der Waals surface area (Å²) in [6.45, 7) is 4.93. The van der Waals surface area contributed by atoms with E-state index < -0.39 is 0 Å². The van der Waals surface area contributed by atoms with Gasteiger partial charge in [0.15, 0.2) is 11.6 Å². The van der Waals surface area contributed by atoms with Gasteiger partial charge in [-0.1, -0.05) is 13.8 Å². The Morgan fingerprint density at radius 2 is 2.00 bits per heavy atom. The maximum atomic E-state index is 13.2. The second-order valence-electron chi connectivity index (χ2n) is 4.57. The monoisotopic (exact) mass is 255 g/mol. The summed E-state index contributed by atoms with van der Waals surface area (Å²) >= 11 is 0. The topological polar surface area (TPSA) is 41.5 Å². The van der Waals surface area contributed by atoms with Gasteiger partial charge in [-0.15, -0.1) is 0 Å². The number of anilines is 1. The van der Waals surface area contributed by atoms with Gasteiger partial charge in [0, 0.05) is 23.7 Å². The number of hydrogen-bond acceptors (Lipinski definition) is 3. The number of rotatable bonds is 7. The van der Waals surface area contributed by atoms with Gasteiger partial charge in [-0.05, 0) is 25.0 Å². The molecule has 1 rings (SSSR count). The molecule has 102 valence electrons. The molecule has 0 saturated carbocycles. The summed E-state index contributed by atoms with van der Waals surface area (Å²) in [4.78, 5) is 0. The highest BCUT2D eigenvalue weighted by Gasteiger charge is 2.24. The van der Waals surface area contributed by atoms with Crippen LogP contribution in [0.5, 0.6) is 5.75 Å². The quantitative estimate of drug-likeness (QED) is 0.787. The first-order chi connectivity index (χ1) is 8.60. The highest BCUT2D eigenvalue weighted by atomic mass is 19.1. The van der Waals surface area contributed by atoms with Gasteiger partial charge in [-0.3, -0.25) is 0 Å². The minimum Gasteiger partial charge on any atom is -0.494 e. The van der Waals surface area contributed by atoms with Crippen LogP contribution in [0.1, 0.15) is 26.7 Å². The van der Waals surface area contributed by atoms with Crippen molar-refractivity contribution in [1.29, 1.82) is 0 Å². The fraction of sp³-hybridized carbons (Fsp3) is 0.571. The fourth-order valence-corrected chi connectivity index (χ4v) is 1.84. The first-order valence-corrected chi connectivity index (χ1v) is 6.29. The second-order valence-corrected chi connectivity index (χ2v) is 4.57. The molecule has 0 aliphatic rings. The molecule has 1 aromatic rings. The second kappa shape index (κ2) is 6.59. The summed E-state index contributed by atoms with van der Waals surface area (Å²) in [6.07, 6.45) is 1.79. The van der Waals surface area contributed by atoms with Gasteiger partial charge < -0.3 is 15.2 Å². The fourth-order valence-electron chi connectivity index (χ4n) is 1.84. The van der Waals surface area contributed by atoms with Crippen molar-refractivity contribution in [1.82, 2.24) is 0 Å². The Morgan fingerprint density at radius 1 is 1.33 bits per heavy atom. The normalized spacial score (nSPS) is 11.4. The Balaban J connectivity index is 2.73. The SMILES string of the molecule is CCC(CC)(CO)CNc1ccc(F)c(OC)c1. The summed E-state index contributed by atoms with van der Waals surface area (Å²) in [5.74, 6) is -0.148. The molecule has 0 amide bonds. The van der Waals surface area contributed by atoms with E-state index in [4.69, 9.17) is 4.74 Å². The van der Waals surface area contributed by atoms with E-state index in [-0.39, 0.29) is 23.6 Å². The molecule has 4 heteroatoms. The molecule has 0 bridgehead atoms. The molecule has 0 spiro atoms. The molecule has 3 nitrogen and oxygen atoms in total. The average molecular weight is 255 g/mol. The third-order valence-corrected chi connectivity index (χ3v) is 3.65. The number of aliphatic hydroxyl groups is 1. The van der Waals surface area contributed by atoms with Crippen LogP contribution in [-0.4, -0.2) is 25.4 Å². The molecule has 1 aromatic carbocycles. The van der Waals surface area contributed by atoms with Gasteiger partial charge in [-0.2, -0.15) is 0 Å². The summed E-state index contributed by atoms with van der Waals surface area (Å²) < 4.78 is 18.2. The number of nitrogens with one attached hydrogen (secondary N) is 1. The van der Waals surface area contributed by atoms with Crippen molar-refractivity contribution in [2.45, 2.75) is 26.7 Å². The predicted octanol–water partition coefficient (Wildman–Crippen LogP) is 3.04. The number of ether oxygens (including phenoxy) is 1. The van der Waals surface area contributed by atoms with Gasteiger partial charge in [-0.25, -0.2) is 4.39 Å². The van der Waals surface area contributed by atoms with Gasteiger partial charge in [0.2, 0.25) is 0 Å². The maximum Gasteiger partial charge on any atom is 0.165 e. The zero-order valence-corrected chi connectivity index (χ0v) is 11.3. The van der Waals surface area contributed by atoms with Crippen LogP contribution in [0.15, 0.2) is 18.2 Å². The highest BCUT2D eigenvalue weighted by Crippen LogP contribution is 2.27. The van der Waals surface area contributed by atoms with Crippen molar-refractivity contribution < 1.29 is 14.2 Å². The van der Waals surface area contributed by atoms with Crippen LogP contribution in [0.25, 0.3) is 0 Å². The molecule has 0 atom stereocenters. The number of benzene rings is 1. The Morgan fingerprint density at radius 3 is 2.50 bits per heavy atom. The zero-order chi connectivity index (χ0) is 13.6. The Kier molecular flexibility index (Phi) is 5.41. The van der Waals surface area contributed by atoms with Crippen molar-refractivity contribution >= 4 is 5.69 Å². The highest BCUT2D eigenvalue weighted by molar-refractivity contribution is 5.49. The molecule has 18 heavy (non-hydrogen) atoms. The molecule has 0 heterocycles. The Hall–Kier alpha value is -1.29. The van der Waals surface area contributed by atoms with E-state index in [9.17, 15) is 9.50 Å². The third kappa shape index (κ3) is 3.35. The molecule has 0 unspecified atom stereocenters. The molecule has 0 aliphatic heterocycles.